The van der Waals surface area contributed by atoms with Crippen LogP contribution >= 0.6 is 0 Å². The third-order valence-electron chi connectivity index (χ3n) is 3.47. The molecule has 3 rings (SSSR count). The summed E-state index contributed by atoms with van der Waals surface area (Å²) in [6.07, 6.45) is 2.53. The van der Waals surface area contributed by atoms with Crippen LogP contribution in [0.4, 0.5) is 0 Å². The number of aromatic nitrogens is 4. The van der Waals surface area contributed by atoms with Gasteiger partial charge in [-0.1, -0.05) is 6.92 Å². The highest BCUT2D eigenvalue weighted by atomic mass is 16.5. The summed E-state index contributed by atoms with van der Waals surface area (Å²) in [6.45, 7) is 2.34. The smallest absolute Gasteiger partial charge is 0.243 e. The molecule has 0 saturated carbocycles. The minimum absolute atomic E-state index is 0.222. The first-order valence-electron chi connectivity index (χ1n) is 6.99. The molecule has 2 N–H and O–H groups in total. The summed E-state index contributed by atoms with van der Waals surface area (Å²) in [5.41, 5.74) is 1.16. The zero-order valence-corrected chi connectivity index (χ0v) is 11.7. The van der Waals surface area contributed by atoms with Crippen molar-refractivity contribution in [2.75, 3.05) is 13.2 Å². The minimum atomic E-state index is -0.706. The first-order chi connectivity index (χ1) is 10.2. The van der Waals surface area contributed by atoms with E-state index >= 15 is 0 Å². The number of rotatable bonds is 5. The van der Waals surface area contributed by atoms with Crippen molar-refractivity contribution >= 4 is 11.2 Å². The molecule has 8 heteroatoms. The summed E-state index contributed by atoms with van der Waals surface area (Å²) in [5.74, 6) is 0.449. The van der Waals surface area contributed by atoms with Gasteiger partial charge in [-0.15, -0.1) is 0 Å². The molecule has 0 amide bonds. The zero-order chi connectivity index (χ0) is 14.8. The van der Waals surface area contributed by atoms with Gasteiger partial charge < -0.3 is 19.7 Å². The minimum Gasteiger partial charge on any atom is -0.476 e. The Morgan fingerprint density at radius 2 is 2.29 bits per heavy atom. The van der Waals surface area contributed by atoms with Gasteiger partial charge in [0.15, 0.2) is 11.2 Å². The van der Waals surface area contributed by atoms with Crippen molar-refractivity contribution in [3.05, 3.63) is 12.7 Å². The number of ether oxygens (including phenoxy) is 2. The first kappa shape index (κ1) is 14.2. The predicted molar refractivity (Wildman–Crippen MR) is 72.7 cm³/mol. The molecule has 0 radical (unpaired) electrons. The fourth-order valence-corrected chi connectivity index (χ4v) is 2.42. The Morgan fingerprint density at radius 1 is 1.43 bits per heavy atom. The van der Waals surface area contributed by atoms with Crippen molar-refractivity contribution in [1.29, 1.82) is 0 Å². The van der Waals surface area contributed by atoms with Gasteiger partial charge in [0, 0.05) is 6.42 Å². The molecule has 114 valence electrons. The third kappa shape index (κ3) is 2.57. The maximum absolute atomic E-state index is 9.86. The van der Waals surface area contributed by atoms with Crippen LogP contribution in [0.3, 0.4) is 0 Å². The first-order valence-corrected chi connectivity index (χ1v) is 6.99. The average Bonchev–Trinajstić information content (AvgIpc) is 3.08. The predicted octanol–water partition coefficient (Wildman–Crippen LogP) is 0.256. The summed E-state index contributed by atoms with van der Waals surface area (Å²) in [4.78, 5) is 12.5. The van der Waals surface area contributed by atoms with E-state index in [4.69, 9.17) is 9.47 Å². The van der Waals surface area contributed by atoms with Crippen LogP contribution in [0.1, 0.15) is 26.0 Å². The Balaban J connectivity index is 1.95. The molecule has 2 aromatic rings. The van der Waals surface area contributed by atoms with Crippen LogP contribution in [-0.4, -0.2) is 55.2 Å². The number of fused-ring (bicyclic) bond motifs is 1. The average molecular weight is 294 g/mol. The lowest BCUT2D eigenvalue weighted by Crippen LogP contribution is -2.24. The fraction of sp³-hybridized carbons (Fsp3) is 0.615. The number of hydrogen-bond donors (Lipinski definition) is 2. The van der Waals surface area contributed by atoms with E-state index in [2.05, 4.69) is 15.0 Å². The van der Waals surface area contributed by atoms with Crippen molar-refractivity contribution in [1.82, 2.24) is 19.5 Å². The van der Waals surface area contributed by atoms with Gasteiger partial charge in [0.2, 0.25) is 5.88 Å². The summed E-state index contributed by atoms with van der Waals surface area (Å²) in [7, 11) is 0. The Hall–Kier alpha value is -1.77. The molecule has 21 heavy (non-hydrogen) atoms. The SMILES string of the molecule is CCCOc1ncnc2ncn([C@H]3C[C@H](O)[C@@H](CO)O3)c12. The molecule has 1 fully saturated rings. The third-order valence-corrected chi connectivity index (χ3v) is 3.47. The fourth-order valence-electron chi connectivity index (χ4n) is 2.42. The Morgan fingerprint density at radius 3 is 3.00 bits per heavy atom. The molecule has 0 spiro atoms. The Labute approximate surface area is 121 Å². The van der Waals surface area contributed by atoms with E-state index in [1.165, 1.54) is 6.33 Å². The number of imidazole rings is 1. The lowest BCUT2D eigenvalue weighted by Gasteiger charge is -2.15. The highest BCUT2D eigenvalue weighted by Crippen LogP contribution is 2.33. The monoisotopic (exact) mass is 294 g/mol. The largest absolute Gasteiger partial charge is 0.476 e. The Kier molecular flexibility index (Phi) is 4.00. The number of nitrogens with zero attached hydrogens (tertiary/aromatic N) is 4. The lowest BCUT2D eigenvalue weighted by atomic mass is 10.2. The van der Waals surface area contributed by atoms with E-state index in [0.29, 0.717) is 30.1 Å². The summed E-state index contributed by atoms with van der Waals surface area (Å²) >= 11 is 0. The highest BCUT2D eigenvalue weighted by molar-refractivity contribution is 5.76. The van der Waals surface area contributed by atoms with Gasteiger partial charge in [-0.2, -0.15) is 4.98 Å². The Bertz CT molecular complexity index is 617. The van der Waals surface area contributed by atoms with Gasteiger partial charge in [0.1, 0.15) is 18.7 Å². The zero-order valence-electron chi connectivity index (χ0n) is 11.7. The van der Waals surface area contributed by atoms with Crippen LogP contribution < -0.4 is 4.74 Å². The summed E-state index contributed by atoms with van der Waals surface area (Å²) in [5, 5.41) is 19.0. The quantitative estimate of drug-likeness (QED) is 0.815. The molecule has 1 aliphatic heterocycles. The van der Waals surface area contributed by atoms with Gasteiger partial charge in [-0.05, 0) is 6.42 Å². The van der Waals surface area contributed by atoms with E-state index in [1.54, 1.807) is 10.9 Å². The number of aliphatic hydroxyl groups excluding tert-OH is 2. The molecule has 1 aliphatic rings. The van der Waals surface area contributed by atoms with Crippen LogP contribution in [0.5, 0.6) is 5.88 Å². The molecule has 3 heterocycles. The van der Waals surface area contributed by atoms with Gasteiger partial charge in [0.05, 0.1) is 25.6 Å². The van der Waals surface area contributed by atoms with E-state index in [-0.39, 0.29) is 6.61 Å². The van der Waals surface area contributed by atoms with Crippen LogP contribution in [-0.2, 0) is 4.74 Å². The van der Waals surface area contributed by atoms with Crippen molar-refractivity contribution in [2.45, 2.75) is 38.2 Å². The topological polar surface area (TPSA) is 103 Å². The standard InChI is InChI=1S/C13H18N4O4/c1-2-3-20-13-11-12(14-6-15-13)16-7-17(11)10-4-8(19)9(5-18)21-10/h6-10,18-19H,2-5H2,1H3/t8-,9+,10+/m0/s1. The molecule has 0 aliphatic carbocycles. The maximum Gasteiger partial charge on any atom is 0.243 e. The van der Waals surface area contributed by atoms with Crippen molar-refractivity contribution < 1.29 is 19.7 Å². The van der Waals surface area contributed by atoms with Crippen LogP contribution in [0.15, 0.2) is 12.7 Å². The van der Waals surface area contributed by atoms with Crippen molar-refractivity contribution in [2.24, 2.45) is 0 Å². The molecule has 0 bridgehead atoms. The van der Waals surface area contributed by atoms with Gasteiger partial charge in [-0.25, -0.2) is 9.97 Å². The van der Waals surface area contributed by atoms with Crippen LogP contribution in [0.2, 0.25) is 0 Å². The molecule has 8 nitrogen and oxygen atoms in total. The van der Waals surface area contributed by atoms with Crippen molar-refractivity contribution in [3.8, 4) is 5.88 Å². The second kappa shape index (κ2) is 5.92. The molecule has 3 atom stereocenters. The molecule has 1 saturated heterocycles. The van der Waals surface area contributed by atoms with Gasteiger partial charge >= 0.3 is 0 Å². The summed E-state index contributed by atoms with van der Waals surface area (Å²) in [6, 6.07) is 0. The molecule has 2 aromatic heterocycles. The normalized spacial score (nSPS) is 25.6. The van der Waals surface area contributed by atoms with E-state index in [0.717, 1.165) is 6.42 Å². The lowest BCUT2D eigenvalue weighted by molar-refractivity contribution is -0.0431. The molecule has 0 aromatic carbocycles. The van der Waals surface area contributed by atoms with E-state index in [9.17, 15) is 10.2 Å². The van der Waals surface area contributed by atoms with Crippen LogP contribution in [0, 0.1) is 0 Å². The van der Waals surface area contributed by atoms with Gasteiger partial charge in [0.25, 0.3) is 0 Å². The molecule has 0 unspecified atom stereocenters. The van der Waals surface area contributed by atoms with Gasteiger partial charge in [-0.3, -0.25) is 4.57 Å². The van der Waals surface area contributed by atoms with Crippen LogP contribution in [0.25, 0.3) is 11.2 Å². The maximum atomic E-state index is 9.86. The second-order valence-corrected chi connectivity index (χ2v) is 4.97. The number of hydrogen-bond acceptors (Lipinski definition) is 7. The highest BCUT2D eigenvalue weighted by Gasteiger charge is 2.35. The summed E-state index contributed by atoms with van der Waals surface area (Å²) < 4.78 is 13.0. The van der Waals surface area contributed by atoms with E-state index in [1.807, 2.05) is 6.92 Å². The van der Waals surface area contributed by atoms with Crippen molar-refractivity contribution in [3.63, 3.8) is 0 Å². The molecular weight excluding hydrogens is 276 g/mol. The number of aliphatic hydroxyl groups is 2. The molecular formula is C13H18N4O4. The second-order valence-electron chi connectivity index (χ2n) is 4.97. The van der Waals surface area contributed by atoms with E-state index < -0.39 is 18.4 Å².